The van der Waals surface area contributed by atoms with E-state index in [1.54, 1.807) is 0 Å². The first-order valence-corrected chi connectivity index (χ1v) is 7.13. The van der Waals surface area contributed by atoms with Gasteiger partial charge >= 0.3 is 0 Å². The number of hydrogen-bond acceptors (Lipinski definition) is 5. The van der Waals surface area contributed by atoms with Crippen LogP contribution < -0.4 is 0 Å². The molecule has 5 atom stereocenters. The zero-order chi connectivity index (χ0) is 12.1. The second kappa shape index (κ2) is 6.81. The van der Waals surface area contributed by atoms with Crippen molar-refractivity contribution in [2.24, 2.45) is 0 Å². The van der Waals surface area contributed by atoms with E-state index in [9.17, 15) is 15.3 Å². The average molecular weight is 250 g/mol. The molecule has 3 N–H and O–H groups in total. The van der Waals surface area contributed by atoms with E-state index in [1.165, 1.54) is 11.8 Å². The molecule has 0 aromatic carbocycles. The Labute approximate surface area is 101 Å². The van der Waals surface area contributed by atoms with Crippen molar-refractivity contribution in [3.63, 3.8) is 0 Å². The first-order valence-electron chi connectivity index (χ1n) is 5.84. The summed E-state index contributed by atoms with van der Waals surface area (Å²) >= 11 is 1.36. The summed E-state index contributed by atoms with van der Waals surface area (Å²) in [5.41, 5.74) is -0.440. The molecule has 0 spiro atoms. The van der Waals surface area contributed by atoms with Crippen molar-refractivity contribution in [1.82, 2.24) is 0 Å². The zero-order valence-electron chi connectivity index (χ0n) is 9.87. The Bertz CT molecular complexity index is 200. The number of rotatable bonds is 5. The monoisotopic (exact) mass is 250 g/mol. The van der Waals surface area contributed by atoms with Crippen LogP contribution >= 0.6 is 11.8 Å². The highest BCUT2D eigenvalue weighted by Gasteiger charge is 2.42. The molecule has 1 aliphatic rings. The smallest absolute Gasteiger partial charge is 0.132 e. The topological polar surface area (TPSA) is 69.9 Å². The molecule has 1 saturated heterocycles. The fourth-order valence-electron chi connectivity index (χ4n) is 1.95. The van der Waals surface area contributed by atoms with Gasteiger partial charge in [-0.05, 0) is 12.7 Å². The van der Waals surface area contributed by atoms with Crippen molar-refractivity contribution in [3.8, 4) is 0 Å². The molecule has 1 aliphatic heterocycles. The zero-order valence-corrected chi connectivity index (χ0v) is 10.7. The van der Waals surface area contributed by atoms with Gasteiger partial charge in [0.15, 0.2) is 0 Å². The van der Waals surface area contributed by atoms with Crippen LogP contribution in [0.5, 0.6) is 0 Å². The molecule has 0 unspecified atom stereocenters. The molecule has 0 aromatic heterocycles. The van der Waals surface area contributed by atoms with E-state index in [2.05, 4.69) is 6.92 Å². The van der Waals surface area contributed by atoms with Gasteiger partial charge in [0.2, 0.25) is 0 Å². The van der Waals surface area contributed by atoms with E-state index in [-0.39, 0.29) is 6.10 Å². The maximum atomic E-state index is 9.78. The molecule has 16 heavy (non-hydrogen) atoms. The lowest BCUT2D eigenvalue weighted by Gasteiger charge is -2.40. The Balaban J connectivity index is 2.50. The summed E-state index contributed by atoms with van der Waals surface area (Å²) in [4.78, 5) is 0. The van der Waals surface area contributed by atoms with Crippen molar-refractivity contribution in [1.29, 1.82) is 0 Å². The first-order chi connectivity index (χ1) is 7.61. The van der Waals surface area contributed by atoms with Crippen LogP contribution in [0.1, 0.15) is 32.6 Å². The van der Waals surface area contributed by atoms with Gasteiger partial charge < -0.3 is 20.1 Å². The van der Waals surface area contributed by atoms with Gasteiger partial charge in [-0.2, -0.15) is 0 Å². The highest BCUT2D eigenvalue weighted by atomic mass is 32.2. The van der Waals surface area contributed by atoms with Crippen LogP contribution in [0.3, 0.4) is 0 Å². The Kier molecular flexibility index (Phi) is 6.07. The fourth-order valence-corrected chi connectivity index (χ4v) is 2.64. The lowest BCUT2D eigenvalue weighted by atomic mass is 9.96. The Morgan fingerprint density at radius 2 is 1.75 bits per heavy atom. The minimum Gasteiger partial charge on any atom is -0.388 e. The average Bonchev–Trinajstić information content (AvgIpc) is 2.29. The number of thioether (sulfide) groups is 1. The van der Waals surface area contributed by atoms with Gasteiger partial charge in [-0.15, -0.1) is 11.8 Å². The molecule has 0 radical (unpaired) electrons. The molecule has 0 aromatic rings. The van der Waals surface area contributed by atoms with Gasteiger partial charge in [-0.1, -0.05) is 26.2 Å². The number of hydrogen-bond donors (Lipinski definition) is 3. The molecule has 1 fully saturated rings. The van der Waals surface area contributed by atoms with Crippen molar-refractivity contribution >= 4 is 11.8 Å². The molecular formula is C11H22O4S. The quantitative estimate of drug-likeness (QED) is 0.628. The van der Waals surface area contributed by atoms with Gasteiger partial charge in [0.1, 0.15) is 23.7 Å². The van der Waals surface area contributed by atoms with Crippen LogP contribution in [0.4, 0.5) is 0 Å². The second-order valence-corrected chi connectivity index (χ2v) is 5.18. The molecular weight excluding hydrogens is 228 g/mol. The van der Waals surface area contributed by atoms with Gasteiger partial charge in [-0.25, -0.2) is 0 Å². The first kappa shape index (κ1) is 14.3. The Morgan fingerprint density at radius 1 is 1.06 bits per heavy atom. The summed E-state index contributed by atoms with van der Waals surface area (Å²) < 4.78 is 5.58. The second-order valence-electron chi connectivity index (χ2n) is 4.25. The van der Waals surface area contributed by atoms with Crippen LogP contribution in [0.15, 0.2) is 0 Å². The van der Waals surface area contributed by atoms with Gasteiger partial charge in [0.05, 0.1) is 6.10 Å². The third-order valence-corrected chi connectivity index (χ3v) is 3.85. The molecule has 0 saturated carbocycles. The SMILES string of the molecule is CCCCC[C@@H]1O[C@H](SC)[C@@H](O)[C@H](O)[C@@H]1O. The predicted molar refractivity (Wildman–Crippen MR) is 64.3 cm³/mol. The largest absolute Gasteiger partial charge is 0.388 e. The number of unbranched alkanes of at least 4 members (excludes halogenated alkanes) is 2. The minimum absolute atomic E-state index is 0.359. The van der Waals surface area contributed by atoms with E-state index in [1.807, 2.05) is 6.26 Å². The lowest BCUT2D eigenvalue weighted by Crippen LogP contribution is -2.56. The lowest BCUT2D eigenvalue weighted by molar-refractivity contribution is -0.199. The van der Waals surface area contributed by atoms with Gasteiger partial charge in [0.25, 0.3) is 0 Å². The van der Waals surface area contributed by atoms with E-state index < -0.39 is 23.7 Å². The summed E-state index contributed by atoms with van der Waals surface area (Å²) in [6, 6.07) is 0. The molecule has 0 bridgehead atoms. The summed E-state index contributed by atoms with van der Waals surface area (Å²) in [6.07, 6.45) is 2.29. The highest BCUT2D eigenvalue weighted by molar-refractivity contribution is 7.99. The van der Waals surface area contributed by atoms with Crippen LogP contribution in [-0.4, -0.2) is 51.4 Å². The van der Waals surface area contributed by atoms with Crippen LogP contribution in [0, 0.1) is 0 Å². The molecule has 1 rings (SSSR count). The van der Waals surface area contributed by atoms with E-state index in [4.69, 9.17) is 4.74 Å². The van der Waals surface area contributed by atoms with E-state index in [0.717, 1.165) is 25.7 Å². The summed E-state index contributed by atoms with van der Waals surface area (Å²) in [6.45, 7) is 2.11. The summed E-state index contributed by atoms with van der Waals surface area (Å²) in [7, 11) is 0. The summed E-state index contributed by atoms with van der Waals surface area (Å²) in [5, 5.41) is 29.1. The number of ether oxygens (including phenoxy) is 1. The summed E-state index contributed by atoms with van der Waals surface area (Å²) in [5.74, 6) is 0. The predicted octanol–water partition coefficient (Wildman–Crippen LogP) is 0.737. The number of aliphatic hydroxyl groups excluding tert-OH is 3. The van der Waals surface area contributed by atoms with Crippen LogP contribution in [0.25, 0.3) is 0 Å². The standard InChI is InChI=1S/C11H22O4S/c1-3-4-5-6-7-8(12)9(13)10(14)11(15-7)16-2/h7-14H,3-6H2,1-2H3/t7-,8+,9+,10-,11+/m0/s1. The maximum Gasteiger partial charge on any atom is 0.132 e. The van der Waals surface area contributed by atoms with Gasteiger partial charge in [-0.3, -0.25) is 0 Å². The van der Waals surface area contributed by atoms with E-state index in [0.29, 0.717) is 0 Å². The minimum atomic E-state index is -1.10. The van der Waals surface area contributed by atoms with Crippen molar-refractivity contribution in [3.05, 3.63) is 0 Å². The molecule has 5 heteroatoms. The fraction of sp³-hybridized carbons (Fsp3) is 1.00. The van der Waals surface area contributed by atoms with E-state index >= 15 is 0 Å². The molecule has 4 nitrogen and oxygen atoms in total. The molecule has 1 heterocycles. The van der Waals surface area contributed by atoms with Crippen molar-refractivity contribution in [2.45, 2.75) is 62.5 Å². The third kappa shape index (κ3) is 3.34. The van der Waals surface area contributed by atoms with Crippen molar-refractivity contribution < 1.29 is 20.1 Å². The van der Waals surface area contributed by atoms with Crippen LogP contribution in [-0.2, 0) is 4.74 Å². The third-order valence-electron chi connectivity index (χ3n) is 2.99. The molecule has 0 aliphatic carbocycles. The van der Waals surface area contributed by atoms with Crippen LogP contribution in [0.2, 0.25) is 0 Å². The molecule has 0 amide bonds. The maximum absolute atomic E-state index is 9.78. The van der Waals surface area contributed by atoms with Crippen molar-refractivity contribution in [2.75, 3.05) is 6.26 Å². The Morgan fingerprint density at radius 3 is 2.31 bits per heavy atom. The van der Waals surface area contributed by atoms with Gasteiger partial charge in [0, 0.05) is 0 Å². The number of aliphatic hydroxyl groups is 3. The highest BCUT2D eigenvalue weighted by Crippen LogP contribution is 2.29. The normalized spacial score (nSPS) is 39.9. The molecule has 96 valence electrons. The Hall–Kier alpha value is 0.190.